The Morgan fingerprint density at radius 1 is 1.15 bits per heavy atom. The zero-order valence-corrected chi connectivity index (χ0v) is 9.72. The Kier molecular flexibility index (Phi) is 6.06. The van der Waals surface area contributed by atoms with Crippen molar-refractivity contribution < 1.29 is 5.11 Å². The minimum absolute atomic E-state index is 0.151. The van der Waals surface area contributed by atoms with Gasteiger partial charge in [0.2, 0.25) is 0 Å². The highest BCUT2D eigenvalue weighted by molar-refractivity contribution is 5.06. The van der Waals surface area contributed by atoms with Crippen LogP contribution in [0.4, 0.5) is 0 Å². The van der Waals surface area contributed by atoms with Crippen LogP contribution in [0, 0.1) is 5.92 Å². The van der Waals surface area contributed by atoms with Gasteiger partial charge in [-0.15, -0.1) is 0 Å². The van der Waals surface area contributed by atoms with Gasteiger partial charge in [-0.25, -0.2) is 0 Å². The minimum atomic E-state index is -0.151. The van der Waals surface area contributed by atoms with Crippen molar-refractivity contribution in [2.75, 3.05) is 0 Å². The van der Waals surface area contributed by atoms with Crippen molar-refractivity contribution in [3.63, 3.8) is 0 Å². The molecule has 0 radical (unpaired) electrons. The van der Waals surface area contributed by atoms with Gasteiger partial charge >= 0.3 is 0 Å². The van der Waals surface area contributed by atoms with Gasteiger partial charge in [-0.05, 0) is 52.9 Å². The highest BCUT2D eigenvalue weighted by Gasteiger charge is 2.06. The summed E-state index contributed by atoms with van der Waals surface area (Å²) in [6.45, 7) is 10.6. The van der Waals surface area contributed by atoms with E-state index < -0.39 is 0 Å². The van der Waals surface area contributed by atoms with E-state index >= 15 is 0 Å². The standard InChI is InChI=1S/C12H24O/c1-9(2)11(4)7-6-10(3)8-12(5)13/h10,12-13H,6-8H2,1-5H3/t10-,12-/m1/s1. The van der Waals surface area contributed by atoms with E-state index in [-0.39, 0.29) is 6.10 Å². The summed E-state index contributed by atoms with van der Waals surface area (Å²) in [5, 5.41) is 9.19. The maximum absolute atomic E-state index is 9.19. The largest absolute Gasteiger partial charge is 0.393 e. The van der Waals surface area contributed by atoms with E-state index in [1.54, 1.807) is 0 Å². The van der Waals surface area contributed by atoms with Crippen molar-refractivity contribution in [1.29, 1.82) is 0 Å². The van der Waals surface area contributed by atoms with E-state index in [9.17, 15) is 5.11 Å². The van der Waals surface area contributed by atoms with Gasteiger partial charge in [0, 0.05) is 0 Å². The van der Waals surface area contributed by atoms with Crippen LogP contribution in [-0.4, -0.2) is 11.2 Å². The molecule has 0 aromatic rings. The molecule has 0 unspecified atom stereocenters. The van der Waals surface area contributed by atoms with Gasteiger partial charge in [0.25, 0.3) is 0 Å². The first kappa shape index (κ1) is 12.7. The fourth-order valence-electron chi connectivity index (χ4n) is 1.41. The lowest BCUT2D eigenvalue weighted by Crippen LogP contribution is -2.07. The summed E-state index contributed by atoms with van der Waals surface area (Å²) in [5.41, 5.74) is 2.93. The lowest BCUT2D eigenvalue weighted by molar-refractivity contribution is 0.162. The second kappa shape index (κ2) is 6.20. The summed E-state index contributed by atoms with van der Waals surface area (Å²) in [4.78, 5) is 0. The molecule has 0 aliphatic rings. The number of aliphatic hydroxyl groups excluding tert-OH is 1. The van der Waals surface area contributed by atoms with Crippen molar-refractivity contribution in [2.24, 2.45) is 5.92 Å². The van der Waals surface area contributed by atoms with Crippen molar-refractivity contribution in [2.45, 2.75) is 60.0 Å². The van der Waals surface area contributed by atoms with E-state index in [4.69, 9.17) is 0 Å². The highest BCUT2D eigenvalue weighted by atomic mass is 16.3. The second-order valence-electron chi connectivity index (χ2n) is 4.51. The third-order valence-corrected chi connectivity index (χ3v) is 2.61. The van der Waals surface area contributed by atoms with E-state index in [1.165, 1.54) is 24.0 Å². The SMILES string of the molecule is CC(C)=C(C)CC[C@@H](C)C[C@@H](C)O. The molecule has 0 saturated heterocycles. The van der Waals surface area contributed by atoms with Crippen molar-refractivity contribution in [3.8, 4) is 0 Å². The molecule has 0 saturated carbocycles. The molecule has 0 fully saturated rings. The number of allylic oxidation sites excluding steroid dienone is 2. The average molecular weight is 184 g/mol. The lowest BCUT2D eigenvalue weighted by atomic mass is 9.95. The summed E-state index contributed by atoms with van der Waals surface area (Å²) in [6, 6.07) is 0. The molecular formula is C12H24O. The van der Waals surface area contributed by atoms with Gasteiger partial charge in [-0.2, -0.15) is 0 Å². The molecule has 0 aromatic heterocycles. The lowest BCUT2D eigenvalue weighted by Gasteiger charge is -2.13. The van der Waals surface area contributed by atoms with Gasteiger partial charge < -0.3 is 5.11 Å². The first-order chi connectivity index (χ1) is 5.93. The molecule has 0 rings (SSSR count). The molecule has 0 aromatic carbocycles. The Balaban J connectivity index is 3.70. The second-order valence-corrected chi connectivity index (χ2v) is 4.51. The highest BCUT2D eigenvalue weighted by Crippen LogP contribution is 2.18. The van der Waals surface area contributed by atoms with Crippen LogP contribution in [-0.2, 0) is 0 Å². The quantitative estimate of drug-likeness (QED) is 0.648. The first-order valence-electron chi connectivity index (χ1n) is 5.24. The predicted molar refractivity (Wildman–Crippen MR) is 58.7 cm³/mol. The smallest absolute Gasteiger partial charge is 0.0514 e. The Morgan fingerprint density at radius 2 is 1.69 bits per heavy atom. The minimum Gasteiger partial charge on any atom is -0.393 e. The maximum atomic E-state index is 9.19. The third kappa shape index (κ3) is 6.83. The molecular weight excluding hydrogens is 160 g/mol. The fourth-order valence-corrected chi connectivity index (χ4v) is 1.41. The monoisotopic (exact) mass is 184 g/mol. The first-order valence-corrected chi connectivity index (χ1v) is 5.24. The summed E-state index contributed by atoms with van der Waals surface area (Å²) in [6.07, 6.45) is 3.15. The van der Waals surface area contributed by atoms with Crippen LogP contribution >= 0.6 is 0 Å². The Morgan fingerprint density at radius 3 is 2.08 bits per heavy atom. The number of rotatable bonds is 5. The van der Waals surface area contributed by atoms with E-state index in [0.717, 1.165) is 6.42 Å². The Bertz CT molecular complexity index is 164. The van der Waals surface area contributed by atoms with Gasteiger partial charge in [0.1, 0.15) is 0 Å². The maximum Gasteiger partial charge on any atom is 0.0514 e. The van der Waals surface area contributed by atoms with Gasteiger partial charge in [-0.3, -0.25) is 0 Å². The average Bonchev–Trinajstić information content (AvgIpc) is 1.98. The van der Waals surface area contributed by atoms with Crippen LogP contribution < -0.4 is 0 Å². The molecule has 78 valence electrons. The molecule has 1 heteroatoms. The van der Waals surface area contributed by atoms with Crippen LogP contribution in [0.15, 0.2) is 11.1 Å². The van der Waals surface area contributed by atoms with Gasteiger partial charge in [0.15, 0.2) is 0 Å². The van der Waals surface area contributed by atoms with Crippen LogP contribution in [0.5, 0.6) is 0 Å². The Hall–Kier alpha value is -0.300. The molecule has 0 spiro atoms. The summed E-state index contributed by atoms with van der Waals surface area (Å²) < 4.78 is 0. The molecule has 0 aliphatic heterocycles. The third-order valence-electron chi connectivity index (χ3n) is 2.61. The normalized spacial score (nSPS) is 15.2. The van der Waals surface area contributed by atoms with E-state index in [2.05, 4.69) is 27.7 Å². The van der Waals surface area contributed by atoms with Crippen LogP contribution in [0.25, 0.3) is 0 Å². The number of hydrogen-bond acceptors (Lipinski definition) is 1. The van der Waals surface area contributed by atoms with Gasteiger partial charge in [-0.1, -0.05) is 18.1 Å². The van der Waals surface area contributed by atoms with Crippen molar-refractivity contribution >= 4 is 0 Å². The molecule has 2 atom stereocenters. The Labute approximate surface area is 82.9 Å². The van der Waals surface area contributed by atoms with Crippen LogP contribution in [0.3, 0.4) is 0 Å². The summed E-state index contributed by atoms with van der Waals surface area (Å²) >= 11 is 0. The van der Waals surface area contributed by atoms with Crippen molar-refractivity contribution in [1.82, 2.24) is 0 Å². The molecule has 1 N–H and O–H groups in total. The van der Waals surface area contributed by atoms with E-state index in [0.29, 0.717) is 5.92 Å². The summed E-state index contributed by atoms with van der Waals surface area (Å²) in [5.74, 6) is 0.634. The van der Waals surface area contributed by atoms with Crippen LogP contribution in [0.2, 0.25) is 0 Å². The summed E-state index contributed by atoms with van der Waals surface area (Å²) in [7, 11) is 0. The number of aliphatic hydroxyl groups is 1. The topological polar surface area (TPSA) is 20.2 Å². The molecule has 0 amide bonds. The molecule has 0 aliphatic carbocycles. The van der Waals surface area contributed by atoms with Crippen LogP contribution in [0.1, 0.15) is 53.9 Å². The zero-order chi connectivity index (χ0) is 10.4. The predicted octanol–water partition coefficient (Wildman–Crippen LogP) is 3.53. The van der Waals surface area contributed by atoms with Crippen molar-refractivity contribution in [3.05, 3.63) is 11.1 Å². The number of hydrogen-bond donors (Lipinski definition) is 1. The molecule has 0 heterocycles. The van der Waals surface area contributed by atoms with E-state index in [1.807, 2.05) is 6.92 Å². The molecule has 0 bridgehead atoms. The molecule has 13 heavy (non-hydrogen) atoms. The fraction of sp³-hybridized carbons (Fsp3) is 0.833. The molecule has 1 nitrogen and oxygen atoms in total. The zero-order valence-electron chi connectivity index (χ0n) is 9.72. The van der Waals surface area contributed by atoms with Gasteiger partial charge in [0.05, 0.1) is 6.10 Å².